The van der Waals surface area contributed by atoms with Crippen molar-refractivity contribution in [2.45, 2.75) is 95.9 Å². The summed E-state index contributed by atoms with van der Waals surface area (Å²) >= 11 is 0. The fraction of sp³-hybridized carbons (Fsp3) is 0.484. The first-order valence-corrected chi connectivity index (χ1v) is 12.4. The zero-order chi connectivity index (χ0) is 22.9. The van der Waals surface area contributed by atoms with Crippen LogP contribution < -0.4 is 0 Å². The number of rotatable bonds is 4. The summed E-state index contributed by atoms with van der Waals surface area (Å²) in [6, 6.07) is 14.6. The van der Waals surface area contributed by atoms with E-state index in [-0.39, 0.29) is 16.2 Å². The molecule has 0 bridgehead atoms. The number of benzene rings is 2. The number of nitrogens with zero attached hydrogens (tertiary/aromatic N) is 1. The molecular weight excluding hydrogens is 386 g/mol. The van der Waals surface area contributed by atoms with Crippen molar-refractivity contribution >= 4 is 0 Å². The summed E-state index contributed by atoms with van der Waals surface area (Å²) in [5.41, 5.74) is 12.2. The second kappa shape index (κ2) is 7.11. The van der Waals surface area contributed by atoms with Gasteiger partial charge in [0.15, 0.2) is 0 Å². The van der Waals surface area contributed by atoms with Crippen LogP contribution in [0.1, 0.15) is 99.6 Å². The van der Waals surface area contributed by atoms with Crippen LogP contribution in [-0.4, -0.2) is 4.90 Å². The first-order chi connectivity index (χ1) is 15.0. The molecule has 0 amide bonds. The van der Waals surface area contributed by atoms with Gasteiger partial charge in [-0.3, -0.25) is 0 Å². The smallest absolute Gasteiger partial charge is 0.0474 e. The standard InChI is InChI=1S/C31H39N/c1-21-18-27-28(30(6,7)15-14-29(27,4)5)19-26(21)31(16-17-31)25-12-10-24(11-13-25)20-32-22(2)8-9-23(32)3/h10-13,18-19H,2-3,8-9,14-17,20H2,1,4-7H3. The summed E-state index contributed by atoms with van der Waals surface area (Å²) < 4.78 is 0. The van der Waals surface area contributed by atoms with E-state index in [1.165, 1.54) is 53.8 Å². The summed E-state index contributed by atoms with van der Waals surface area (Å²) in [6.07, 6.45) is 7.15. The van der Waals surface area contributed by atoms with Crippen LogP contribution in [0.3, 0.4) is 0 Å². The van der Waals surface area contributed by atoms with Crippen LogP contribution in [0.15, 0.2) is 61.0 Å². The lowest BCUT2D eigenvalue weighted by atomic mass is 9.62. The third-order valence-corrected chi connectivity index (χ3v) is 8.78. The molecule has 0 N–H and O–H groups in total. The van der Waals surface area contributed by atoms with Crippen molar-refractivity contribution in [1.82, 2.24) is 4.90 Å². The highest BCUT2D eigenvalue weighted by Crippen LogP contribution is 2.56. The van der Waals surface area contributed by atoms with E-state index in [1.807, 2.05) is 0 Å². The predicted molar refractivity (Wildman–Crippen MR) is 136 cm³/mol. The summed E-state index contributed by atoms with van der Waals surface area (Å²) in [5, 5.41) is 0. The Morgan fingerprint density at radius 1 is 0.750 bits per heavy atom. The van der Waals surface area contributed by atoms with Gasteiger partial charge in [0.05, 0.1) is 0 Å². The summed E-state index contributed by atoms with van der Waals surface area (Å²) in [4.78, 5) is 2.29. The monoisotopic (exact) mass is 425 g/mol. The first kappa shape index (κ1) is 21.6. The summed E-state index contributed by atoms with van der Waals surface area (Å²) in [6.45, 7) is 21.4. The van der Waals surface area contributed by atoms with Gasteiger partial charge in [-0.2, -0.15) is 0 Å². The third kappa shape index (κ3) is 3.36. The number of likely N-dealkylation sites (tertiary alicyclic amines) is 1. The molecule has 0 unspecified atom stereocenters. The van der Waals surface area contributed by atoms with Gasteiger partial charge in [0.2, 0.25) is 0 Å². The Morgan fingerprint density at radius 2 is 1.28 bits per heavy atom. The van der Waals surface area contributed by atoms with Crippen molar-refractivity contribution in [2.24, 2.45) is 0 Å². The minimum Gasteiger partial charge on any atom is -0.345 e. The van der Waals surface area contributed by atoms with Crippen LogP contribution in [0.5, 0.6) is 0 Å². The maximum atomic E-state index is 4.22. The lowest BCUT2D eigenvalue weighted by molar-refractivity contribution is 0.331. The number of hydrogen-bond donors (Lipinski definition) is 0. The molecular formula is C31H39N. The highest BCUT2D eigenvalue weighted by atomic mass is 15.2. The van der Waals surface area contributed by atoms with Gasteiger partial charge in [-0.25, -0.2) is 0 Å². The zero-order valence-electron chi connectivity index (χ0n) is 20.8. The Kier molecular flexibility index (Phi) is 4.79. The van der Waals surface area contributed by atoms with Gasteiger partial charge in [-0.1, -0.05) is 77.3 Å². The fourth-order valence-electron chi connectivity index (χ4n) is 6.19. The molecule has 0 radical (unpaired) electrons. The molecule has 32 heavy (non-hydrogen) atoms. The van der Waals surface area contributed by atoms with Gasteiger partial charge in [0, 0.05) is 23.4 Å². The first-order valence-electron chi connectivity index (χ1n) is 12.4. The molecule has 1 saturated heterocycles. The molecule has 2 aromatic carbocycles. The van der Waals surface area contributed by atoms with E-state index in [0.717, 1.165) is 19.4 Å². The molecule has 168 valence electrons. The second-order valence-corrected chi connectivity index (χ2v) is 12.0. The maximum absolute atomic E-state index is 4.22. The Bertz CT molecular complexity index is 1080. The molecule has 0 atom stereocenters. The van der Waals surface area contributed by atoms with Gasteiger partial charge in [0.25, 0.3) is 0 Å². The van der Waals surface area contributed by atoms with E-state index >= 15 is 0 Å². The molecule has 5 rings (SSSR count). The molecule has 0 spiro atoms. The van der Waals surface area contributed by atoms with Gasteiger partial charge >= 0.3 is 0 Å². The van der Waals surface area contributed by atoms with Gasteiger partial charge in [-0.15, -0.1) is 0 Å². The molecule has 1 aliphatic heterocycles. The zero-order valence-corrected chi connectivity index (χ0v) is 20.8. The molecule has 2 aromatic rings. The number of allylic oxidation sites excluding steroid dienone is 2. The normalized spacial score (nSPS) is 22.7. The molecule has 2 aliphatic carbocycles. The van der Waals surface area contributed by atoms with Crippen molar-refractivity contribution in [2.75, 3.05) is 0 Å². The van der Waals surface area contributed by atoms with Crippen molar-refractivity contribution in [3.05, 3.63) is 94.3 Å². The van der Waals surface area contributed by atoms with E-state index in [1.54, 1.807) is 16.7 Å². The van der Waals surface area contributed by atoms with Crippen molar-refractivity contribution in [3.8, 4) is 0 Å². The van der Waals surface area contributed by atoms with Crippen LogP contribution in [-0.2, 0) is 22.8 Å². The van der Waals surface area contributed by atoms with Crippen LogP contribution in [0.2, 0.25) is 0 Å². The number of fused-ring (bicyclic) bond motifs is 1. The highest BCUT2D eigenvalue weighted by Gasteiger charge is 2.48. The SMILES string of the molecule is C=C1CCC(=C)N1Cc1ccc(C2(c3cc4c(cc3C)C(C)(C)CCC4(C)C)CC2)cc1. The van der Waals surface area contributed by atoms with E-state index in [4.69, 9.17) is 0 Å². The van der Waals surface area contributed by atoms with E-state index in [0.29, 0.717) is 0 Å². The van der Waals surface area contributed by atoms with Gasteiger partial charge < -0.3 is 4.90 Å². The minimum absolute atomic E-state index is 0.205. The minimum atomic E-state index is 0.205. The van der Waals surface area contributed by atoms with E-state index < -0.39 is 0 Å². The summed E-state index contributed by atoms with van der Waals surface area (Å²) in [7, 11) is 0. The maximum Gasteiger partial charge on any atom is 0.0474 e. The Hall–Kier alpha value is -2.28. The molecule has 0 aromatic heterocycles. The average Bonchev–Trinajstić information content (AvgIpc) is 3.49. The van der Waals surface area contributed by atoms with Crippen molar-refractivity contribution < 1.29 is 0 Å². The average molecular weight is 426 g/mol. The summed E-state index contributed by atoms with van der Waals surface area (Å²) in [5.74, 6) is 0. The van der Waals surface area contributed by atoms with E-state index in [9.17, 15) is 0 Å². The molecule has 1 heteroatoms. The molecule has 3 aliphatic rings. The predicted octanol–water partition coefficient (Wildman–Crippen LogP) is 8.05. The van der Waals surface area contributed by atoms with Crippen LogP contribution in [0.25, 0.3) is 0 Å². The number of hydrogen-bond acceptors (Lipinski definition) is 1. The Labute approximate surface area is 195 Å². The molecule has 1 saturated carbocycles. The topological polar surface area (TPSA) is 3.24 Å². The molecule has 2 fully saturated rings. The Morgan fingerprint density at radius 3 is 1.81 bits per heavy atom. The lowest BCUT2D eigenvalue weighted by Crippen LogP contribution is -2.34. The van der Waals surface area contributed by atoms with E-state index in [2.05, 4.69) is 89.1 Å². The van der Waals surface area contributed by atoms with Crippen molar-refractivity contribution in [3.63, 3.8) is 0 Å². The largest absolute Gasteiger partial charge is 0.345 e. The van der Waals surface area contributed by atoms with Crippen LogP contribution in [0.4, 0.5) is 0 Å². The van der Waals surface area contributed by atoms with Crippen LogP contribution in [0, 0.1) is 6.92 Å². The Balaban J connectivity index is 1.48. The molecule has 1 nitrogen and oxygen atoms in total. The van der Waals surface area contributed by atoms with Gasteiger partial charge in [-0.05, 0) is 89.7 Å². The highest BCUT2D eigenvalue weighted by molar-refractivity contribution is 5.55. The lowest BCUT2D eigenvalue weighted by Gasteiger charge is -2.43. The quantitative estimate of drug-likeness (QED) is 0.479. The van der Waals surface area contributed by atoms with Crippen LogP contribution >= 0.6 is 0 Å². The van der Waals surface area contributed by atoms with Gasteiger partial charge in [0.1, 0.15) is 0 Å². The second-order valence-electron chi connectivity index (χ2n) is 12.0. The van der Waals surface area contributed by atoms with Crippen molar-refractivity contribution in [1.29, 1.82) is 0 Å². The number of aryl methyl sites for hydroxylation is 1. The third-order valence-electron chi connectivity index (χ3n) is 8.78. The fourth-order valence-corrected chi connectivity index (χ4v) is 6.19. The molecule has 1 heterocycles.